The van der Waals surface area contributed by atoms with E-state index in [1.165, 1.54) is 22.4 Å². The number of hydrogen-bond donors (Lipinski definition) is 0. The largest absolute Gasteiger partial charge is 0.314 e. The van der Waals surface area contributed by atoms with Crippen molar-refractivity contribution in [3.8, 4) is 0 Å². The van der Waals surface area contributed by atoms with Crippen LogP contribution in [-0.4, -0.2) is 7.85 Å². The molecular formula is C25H26BN. The van der Waals surface area contributed by atoms with Gasteiger partial charge in [-0.25, -0.2) is 0 Å². The van der Waals surface area contributed by atoms with E-state index in [9.17, 15) is 0 Å². The van der Waals surface area contributed by atoms with E-state index in [4.69, 9.17) is 7.85 Å². The second kappa shape index (κ2) is 8.77. The second-order valence-corrected chi connectivity index (χ2v) is 6.99. The molecule has 2 heteroatoms. The fourth-order valence-corrected chi connectivity index (χ4v) is 3.53. The Morgan fingerprint density at radius 3 is 2.11 bits per heavy atom. The van der Waals surface area contributed by atoms with E-state index in [2.05, 4.69) is 67.5 Å². The SMILES string of the molecule is [B]C1=CC=C(C2=CC=C(N(C(C=C)=CC=C)c3ccc(C)cc3)CC2)CC1. The molecule has 0 saturated heterocycles. The number of benzene rings is 1. The smallest absolute Gasteiger partial charge is 0.107 e. The fraction of sp³-hybridized carbons (Fsp3) is 0.200. The lowest BCUT2D eigenvalue weighted by molar-refractivity contribution is 0.840. The minimum Gasteiger partial charge on any atom is -0.314 e. The predicted molar refractivity (Wildman–Crippen MR) is 119 cm³/mol. The van der Waals surface area contributed by atoms with Gasteiger partial charge in [0.25, 0.3) is 0 Å². The van der Waals surface area contributed by atoms with Crippen molar-refractivity contribution in [2.24, 2.45) is 0 Å². The molecule has 0 saturated carbocycles. The van der Waals surface area contributed by atoms with Crippen molar-refractivity contribution in [3.05, 3.63) is 114 Å². The first-order valence-electron chi connectivity index (χ1n) is 9.49. The van der Waals surface area contributed by atoms with E-state index < -0.39 is 0 Å². The molecule has 0 N–H and O–H groups in total. The highest BCUT2D eigenvalue weighted by Gasteiger charge is 2.19. The molecule has 0 heterocycles. The summed E-state index contributed by atoms with van der Waals surface area (Å²) in [4.78, 5) is 2.27. The molecule has 27 heavy (non-hydrogen) atoms. The van der Waals surface area contributed by atoms with Crippen LogP contribution in [0.5, 0.6) is 0 Å². The lowest BCUT2D eigenvalue weighted by Gasteiger charge is -2.31. The normalized spacial score (nSPS) is 17.3. The molecule has 2 aliphatic carbocycles. The maximum atomic E-state index is 5.90. The Morgan fingerprint density at radius 1 is 0.926 bits per heavy atom. The molecule has 134 valence electrons. The number of nitrogens with zero attached hydrogens (tertiary/aromatic N) is 1. The van der Waals surface area contributed by atoms with E-state index in [0.717, 1.165) is 42.5 Å². The molecule has 0 aliphatic heterocycles. The maximum absolute atomic E-state index is 5.90. The van der Waals surface area contributed by atoms with Crippen molar-refractivity contribution in [3.63, 3.8) is 0 Å². The van der Waals surface area contributed by atoms with E-state index in [-0.39, 0.29) is 0 Å². The molecule has 2 radical (unpaired) electrons. The van der Waals surface area contributed by atoms with E-state index in [1.54, 1.807) is 0 Å². The van der Waals surface area contributed by atoms with Crippen LogP contribution in [0.15, 0.2) is 108 Å². The lowest BCUT2D eigenvalue weighted by Crippen LogP contribution is -2.22. The summed E-state index contributed by atoms with van der Waals surface area (Å²) >= 11 is 0. The summed E-state index contributed by atoms with van der Waals surface area (Å²) in [6.45, 7) is 9.97. The molecule has 3 rings (SSSR count). The van der Waals surface area contributed by atoms with Crippen LogP contribution in [0.3, 0.4) is 0 Å². The first kappa shape index (κ1) is 19.0. The summed E-state index contributed by atoms with van der Waals surface area (Å²) in [5.74, 6) is 0. The number of rotatable bonds is 6. The number of anilines is 1. The topological polar surface area (TPSA) is 3.24 Å². The number of aryl methyl sites for hydroxylation is 1. The van der Waals surface area contributed by atoms with Gasteiger partial charge in [0, 0.05) is 17.1 Å². The molecule has 1 nitrogen and oxygen atoms in total. The summed E-state index contributed by atoms with van der Waals surface area (Å²) in [5.41, 5.74) is 8.49. The fourth-order valence-electron chi connectivity index (χ4n) is 3.53. The van der Waals surface area contributed by atoms with Gasteiger partial charge in [0.1, 0.15) is 7.85 Å². The van der Waals surface area contributed by atoms with Crippen molar-refractivity contribution in [1.29, 1.82) is 0 Å². The Bertz CT molecular complexity index is 875. The van der Waals surface area contributed by atoms with Crippen molar-refractivity contribution in [2.45, 2.75) is 32.6 Å². The Hall–Kier alpha value is -2.74. The van der Waals surface area contributed by atoms with Crippen LogP contribution < -0.4 is 4.90 Å². The highest BCUT2D eigenvalue weighted by Crippen LogP contribution is 2.34. The average molecular weight is 351 g/mol. The summed E-state index contributed by atoms with van der Waals surface area (Å²) in [5, 5.41) is 0. The van der Waals surface area contributed by atoms with E-state index in [0.29, 0.717) is 0 Å². The second-order valence-electron chi connectivity index (χ2n) is 6.99. The summed E-state index contributed by atoms with van der Waals surface area (Å²) in [7, 11) is 5.90. The van der Waals surface area contributed by atoms with E-state index in [1.807, 2.05) is 24.3 Å². The monoisotopic (exact) mass is 351 g/mol. The zero-order valence-corrected chi connectivity index (χ0v) is 16.1. The molecule has 1 aromatic rings. The molecule has 0 bridgehead atoms. The third-order valence-electron chi connectivity index (χ3n) is 5.06. The van der Waals surface area contributed by atoms with Crippen LogP contribution in [0.1, 0.15) is 31.2 Å². The average Bonchev–Trinajstić information content (AvgIpc) is 2.70. The first-order chi connectivity index (χ1) is 13.1. The number of allylic oxidation sites excluding steroid dienone is 11. The van der Waals surface area contributed by atoms with Crippen LogP contribution in [0.2, 0.25) is 0 Å². The Balaban J connectivity index is 1.96. The van der Waals surface area contributed by atoms with Crippen molar-refractivity contribution >= 4 is 13.5 Å². The molecule has 0 fully saturated rings. The Labute approximate surface area is 164 Å². The van der Waals surface area contributed by atoms with Crippen LogP contribution >= 0.6 is 0 Å². The van der Waals surface area contributed by atoms with Crippen LogP contribution in [0, 0.1) is 6.92 Å². The van der Waals surface area contributed by atoms with Gasteiger partial charge >= 0.3 is 0 Å². The third kappa shape index (κ3) is 4.52. The highest BCUT2D eigenvalue weighted by atomic mass is 15.2. The van der Waals surface area contributed by atoms with Crippen LogP contribution in [0.25, 0.3) is 0 Å². The zero-order valence-electron chi connectivity index (χ0n) is 16.1. The van der Waals surface area contributed by atoms with Gasteiger partial charge in [0.05, 0.1) is 0 Å². The standard InChI is InChI=1S/C25H26BN/c1-4-6-23(5-2)27(24-15-7-19(3)8-16-24)25-17-11-21(12-18-25)20-9-13-22(26)14-10-20/h4-9,11,13,15-17H,1-2,10,12,14,18H2,3H3. The molecule has 2 aliphatic rings. The molecule has 0 amide bonds. The maximum Gasteiger partial charge on any atom is 0.107 e. The molecule has 0 aromatic heterocycles. The number of hydrogen-bond acceptors (Lipinski definition) is 1. The van der Waals surface area contributed by atoms with Gasteiger partial charge in [-0.05, 0) is 74.1 Å². The van der Waals surface area contributed by atoms with Gasteiger partial charge in [-0.15, -0.1) is 5.47 Å². The van der Waals surface area contributed by atoms with Crippen molar-refractivity contribution < 1.29 is 0 Å². The van der Waals surface area contributed by atoms with E-state index >= 15 is 0 Å². The molecular weight excluding hydrogens is 325 g/mol. The minimum atomic E-state index is 0.956. The van der Waals surface area contributed by atoms with Gasteiger partial charge in [0.15, 0.2) is 0 Å². The molecule has 0 unspecified atom stereocenters. The van der Waals surface area contributed by atoms with Gasteiger partial charge in [0.2, 0.25) is 0 Å². The summed E-state index contributed by atoms with van der Waals surface area (Å²) in [6, 6.07) is 8.61. The Kier molecular flexibility index (Phi) is 6.18. The minimum absolute atomic E-state index is 0.956. The first-order valence-corrected chi connectivity index (χ1v) is 9.49. The molecule has 1 aromatic carbocycles. The lowest BCUT2D eigenvalue weighted by atomic mass is 9.82. The Morgan fingerprint density at radius 2 is 1.59 bits per heavy atom. The molecule has 0 atom stereocenters. The van der Waals surface area contributed by atoms with Crippen LogP contribution in [0.4, 0.5) is 5.69 Å². The highest BCUT2D eigenvalue weighted by molar-refractivity contribution is 6.21. The summed E-state index contributed by atoms with van der Waals surface area (Å²) < 4.78 is 0. The van der Waals surface area contributed by atoms with Crippen molar-refractivity contribution in [1.82, 2.24) is 0 Å². The van der Waals surface area contributed by atoms with Crippen LogP contribution in [-0.2, 0) is 0 Å². The van der Waals surface area contributed by atoms with Gasteiger partial charge in [-0.2, -0.15) is 0 Å². The zero-order chi connectivity index (χ0) is 19.2. The summed E-state index contributed by atoms with van der Waals surface area (Å²) in [6.07, 6.45) is 18.4. The third-order valence-corrected chi connectivity index (χ3v) is 5.06. The van der Waals surface area contributed by atoms with Crippen molar-refractivity contribution in [2.75, 3.05) is 4.90 Å². The molecule has 0 spiro atoms. The quantitative estimate of drug-likeness (QED) is 0.421. The van der Waals surface area contributed by atoms with Gasteiger partial charge in [-0.3, -0.25) is 0 Å². The van der Waals surface area contributed by atoms with Gasteiger partial charge < -0.3 is 4.90 Å². The van der Waals surface area contributed by atoms with Gasteiger partial charge in [-0.1, -0.05) is 55.2 Å². The predicted octanol–water partition coefficient (Wildman–Crippen LogP) is 6.43.